The Morgan fingerprint density at radius 2 is 2.00 bits per heavy atom. The van der Waals surface area contributed by atoms with Gasteiger partial charge in [0.15, 0.2) is 0 Å². The second kappa shape index (κ2) is 3.19. The average molecular weight is 207 g/mol. The van der Waals surface area contributed by atoms with Gasteiger partial charge in [-0.3, -0.25) is 4.79 Å². The molecule has 0 N–H and O–H groups in total. The third-order valence-electron chi connectivity index (χ3n) is 0.752. The summed E-state index contributed by atoms with van der Waals surface area (Å²) in [5.41, 5.74) is 0. The van der Waals surface area contributed by atoms with Crippen LogP contribution in [0.25, 0.3) is 0 Å². The Balaban J connectivity index is 3.99. The summed E-state index contributed by atoms with van der Waals surface area (Å²) in [5, 5.41) is 0. The smallest absolute Gasteiger partial charge is 0.327 e. The predicted molar refractivity (Wildman–Crippen MR) is 43.9 cm³/mol. The first kappa shape index (κ1) is 9.69. The van der Waals surface area contributed by atoms with Gasteiger partial charge in [-0.05, 0) is 20.8 Å². The number of hydrogen-bond acceptors (Lipinski definition) is 2. The van der Waals surface area contributed by atoms with E-state index >= 15 is 0 Å². The molecule has 0 aromatic heterocycles. The summed E-state index contributed by atoms with van der Waals surface area (Å²) in [6.07, 6.45) is 0. The third kappa shape index (κ3) is 3.67. The minimum absolute atomic E-state index is 0.319. The Labute approximate surface area is 69.4 Å². The molecule has 0 unspecified atom stereocenters. The molecule has 0 aromatic rings. The number of hydrogen-bond donors (Lipinski definition) is 0. The van der Waals surface area contributed by atoms with Crippen LogP contribution < -0.4 is 0 Å². The molecule has 0 spiro atoms. The normalized spacial score (nSPS) is 10.8. The van der Waals surface area contributed by atoms with Crippen LogP contribution in [0.5, 0.6) is 0 Å². The summed E-state index contributed by atoms with van der Waals surface area (Å²) in [6.45, 7) is 8.52. The van der Waals surface area contributed by atoms with Gasteiger partial charge in [-0.1, -0.05) is 22.5 Å². The van der Waals surface area contributed by atoms with Gasteiger partial charge in [0.2, 0.25) is 0 Å². The molecule has 10 heavy (non-hydrogen) atoms. The fraction of sp³-hybridized carbons (Fsp3) is 0.571. The molecule has 0 heterocycles. The van der Waals surface area contributed by atoms with Crippen molar-refractivity contribution in [1.82, 2.24) is 0 Å². The van der Waals surface area contributed by atoms with E-state index in [-0.39, 0.29) is 5.97 Å². The van der Waals surface area contributed by atoms with Crippen molar-refractivity contribution in [2.45, 2.75) is 25.1 Å². The standard InChI is InChI=1S/C7H11BrO2/c1-5(2)10-6(9)7(3,4)8/h1H2,2-4H3. The molecule has 3 heteroatoms. The molecule has 0 aromatic carbocycles. The minimum atomic E-state index is -0.619. The van der Waals surface area contributed by atoms with Gasteiger partial charge in [0.05, 0.1) is 5.76 Å². The Bertz CT molecular complexity index is 155. The first-order chi connectivity index (χ1) is 4.34. The SMILES string of the molecule is C=C(C)OC(=O)C(C)(C)Br. The van der Waals surface area contributed by atoms with Gasteiger partial charge in [0.25, 0.3) is 0 Å². The summed E-state index contributed by atoms with van der Waals surface area (Å²) < 4.78 is 4.12. The monoisotopic (exact) mass is 206 g/mol. The Kier molecular flexibility index (Phi) is 3.09. The number of allylic oxidation sites excluding steroid dienone is 1. The summed E-state index contributed by atoms with van der Waals surface area (Å²) in [6, 6.07) is 0. The van der Waals surface area contributed by atoms with Crippen LogP contribution in [-0.2, 0) is 9.53 Å². The number of ether oxygens (including phenoxy) is 1. The van der Waals surface area contributed by atoms with Crippen molar-refractivity contribution in [2.24, 2.45) is 0 Å². The number of carbonyl (C=O) groups excluding carboxylic acids is 1. The molecule has 0 rings (SSSR count). The quantitative estimate of drug-likeness (QED) is 0.394. The van der Waals surface area contributed by atoms with Crippen LogP contribution in [0, 0.1) is 0 Å². The molecule has 0 atom stereocenters. The van der Waals surface area contributed by atoms with Gasteiger partial charge in [-0.25, -0.2) is 0 Å². The maximum atomic E-state index is 10.9. The number of carbonyl (C=O) groups is 1. The van der Waals surface area contributed by atoms with Crippen LogP contribution in [0.1, 0.15) is 20.8 Å². The molecule has 0 amide bonds. The van der Waals surface area contributed by atoms with Crippen molar-refractivity contribution in [3.63, 3.8) is 0 Å². The first-order valence-corrected chi connectivity index (χ1v) is 3.70. The maximum absolute atomic E-state index is 10.9. The van der Waals surface area contributed by atoms with Gasteiger partial charge in [-0.15, -0.1) is 0 Å². The molecular formula is C7H11BrO2. The topological polar surface area (TPSA) is 26.3 Å². The molecule has 0 bridgehead atoms. The molecular weight excluding hydrogens is 196 g/mol. The zero-order valence-corrected chi connectivity index (χ0v) is 7.99. The van der Waals surface area contributed by atoms with Gasteiger partial charge >= 0.3 is 5.97 Å². The van der Waals surface area contributed by atoms with Crippen LogP contribution in [-0.4, -0.2) is 10.3 Å². The molecule has 2 nitrogen and oxygen atoms in total. The van der Waals surface area contributed by atoms with E-state index < -0.39 is 4.32 Å². The second-order valence-corrected chi connectivity index (χ2v) is 4.55. The van der Waals surface area contributed by atoms with E-state index in [2.05, 4.69) is 22.5 Å². The minimum Gasteiger partial charge on any atom is -0.431 e. The lowest BCUT2D eigenvalue weighted by Gasteiger charge is -2.13. The largest absolute Gasteiger partial charge is 0.431 e. The summed E-state index contributed by atoms with van der Waals surface area (Å²) in [4.78, 5) is 10.9. The van der Waals surface area contributed by atoms with Crippen molar-refractivity contribution in [2.75, 3.05) is 0 Å². The zero-order chi connectivity index (χ0) is 8.36. The Morgan fingerprint density at radius 3 is 2.10 bits per heavy atom. The highest BCUT2D eigenvalue weighted by Crippen LogP contribution is 2.18. The van der Waals surface area contributed by atoms with E-state index in [0.29, 0.717) is 5.76 Å². The summed E-state index contributed by atoms with van der Waals surface area (Å²) >= 11 is 3.16. The summed E-state index contributed by atoms with van der Waals surface area (Å²) in [5.74, 6) is 0.0949. The fourth-order valence-corrected chi connectivity index (χ4v) is 0.361. The van der Waals surface area contributed by atoms with Crippen LogP contribution in [0.4, 0.5) is 0 Å². The van der Waals surface area contributed by atoms with Crippen molar-refractivity contribution in [3.05, 3.63) is 12.3 Å². The summed E-state index contributed by atoms with van der Waals surface area (Å²) in [7, 11) is 0. The average Bonchev–Trinajstić information content (AvgIpc) is 1.60. The molecule has 0 aliphatic carbocycles. The Hall–Kier alpha value is -0.310. The van der Waals surface area contributed by atoms with E-state index in [9.17, 15) is 4.79 Å². The highest BCUT2D eigenvalue weighted by Gasteiger charge is 2.25. The van der Waals surface area contributed by atoms with Gasteiger partial charge in [-0.2, -0.15) is 0 Å². The van der Waals surface area contributed by atoms with Crippen molar-refractivity contribution >= 4 is 21.9 Å². The molecule has 0 fully saturated rings. The highest BCUT2D eigenvalue weighted by atomic mass is 79.9. The van der Waals surface area contributed by atoms with Crippen LogP contribution >= 0.6 is 15.9 Å². The third-order valence-corrected chi connectivity index (χ3v) is 1.08. The fourth-order valence-electron chi connectivity index (χ4n) is 0.280. The predicted octanol–water partition coefficient (Wildman–Crippen LogP) is 2.24. The van der Waals surface area contributed by atoms with Crippen molar-refractivity contribution in [1.29, 1.82) is 0 Å². The molecule has 0 aliphatic heterocycles. The van der Waals surface area contributed by atoms with Crippen molar-refractivity contribution in [3.8, 4) is 0 Å². The van der Waals surface area contributed by atoms with E-state index in [4.69, 9.17) is 4.74 Å². The van der Waals surface area contributed by atoms with Gasteiger partial charge in [0, 0.05) is 0 Å². The second-order valence-electron chi connectivity index (χ2n) is 2.56. The lowest BCUT2D eigenvalue weighted by molar-refractivity contribution is -0.141. The first-order valence-electron chi connectivity index (χ1n) is 2.90. The van der Waals surface area contributed by atoms with Gasteiger partial charge < -0.3 is 4.74 Å². The van der Waals surface area contributed by atoms with E-state index in [0.717, 1.165) is 0 Å². The molecule has 0 saturated heterocycles. The number of esters is 1. The lowest BCUT2D eigenvalue weighted by atomic mass is 10.2. The molecule has 0 saturated carbocycles. The molecule has 0 aliphatic rings. The number of halogens is 1. The Morgan fingerprint density at radius 1 is 1.60 bits per heavy atom. The van der Waals surface area contributed by atoms with Gasteiger partial charge in [0.1, 0.15) is 4.32 Å². The molecule has 0 radical (unpaired) electrons. The number of rotatable bonds is 2. The zero-order valence-electron chi connectivity index (χ0n) is 6.40. The highest BCUT2D eigenvalue weighted by molar-refractivity contribution is 9.10. The van der Waals surface area contributed by atoms with E-state index in [1.807, 2.05) is 0 Å². The van der Waals surface area contributed by atoms with Crippen LogP contribution in [0.15, 0.2) is 12.3 Å². The maximum Gasteiger partial charge on any atom is 0.327 e. The van der Waals surface area contributed by atoms with Crippen molar-refractivity contribution < 1.29 is 9.53 Å². The lowest BCUT2D eigenvalue weighted by Crippen LogP contribution is -2.25. The van der Waals surface area contributed by atoms with E-state index in [1.165, 1.54) is 0 Å². The van der Waals surface area contributed by atoms with Crippen LogP contribution in [0.3, 0.4) is 0 Å². The van der Waals surface area contributed by atoms with Crippen LogP contribution in [0.2, 0.25) is 0 Å². The molecule has 58 valence electrons. The van der Waals surface area contributed by atoms with E-state index in [1.54, 1.807) is 20.8 Å². The number of alkyl halides is 1.